The lowest BCUT2D eigenvalue weighted by molar-refractivity contribution is 0.441. The summed E-state index contributed by atoms with van der Waals surface area (Å²) in [4.78, 5) is 0. The molecule has 0 saturated heterocycles. The van der Waals surface area contributed by atoms with E-state index in [4.69, 9.17) is 0 Å². The third-order valence-corrected chi connectivity index (χ3v) is 5.18. The van der Waals surface area contributed by atoms with Crippen molar-refractivity contribution in [2.75, 3.05) is 0 Å². The summed E-state index contributed by atoms with van der Waals surface area (Å²) in [5.74, 6) is 1.30. The third-order valence-electron chi connectivity index (χ3n) is 5.18. The van der Waals surface area contributed by atoms with E-state index in [9.17, 15) is 0 Å². The Kier molecular flexibility index (Phi) is 8.66. The Bertz CT molecular complexity index is 477. The van der Waals surface area contributed by atoms with Crippen molar-refractivity contribution in [3.63, 3.8) is 0 Å². The van der Waals surface area contributed by atoms with Gasteiger partial charge in [-0.25, -0.2) is 0 Å². The van der Waals surface area contributed by atoms with Gasteiger partial charge >= 0.3 is 0 Å². The second kappa shape index (κ2) is 11.1. The largest absolute Gasteiger partial charge is 0.0654 e. The summed E-state index contributed by atoms with van der Waals surface area (Å²) < 4.78 is 0. The molecule has 0 heteroatoms. The zero-order valence-corrected chi connectivity index (χ0v) is 15.6. The quantitative estimate of drug-likeness (QED) is 0.371. The predicted octanol–water partition coefficient (Wildman–Crippen LogP) is 7.71. The minimum atomic E-state index is 0.650. The zero-order valence-electron chi connectivity index (χ0n) is 15.6. The van der Waals surface area contributed by atoms with Crippen LogP contribution in [0, 0.1) is 0 Å². The van der Waals surface area contributed by atoms with Gasteiger partial charge in [-0.3, -0.25) is 0 Å². The van der Waals surface area contributed by atoms with E-state index < -0.39 is 0 Å². The van der Waals surface area contributed by atoms with Gasteiger partial charge < -0.3 is 0 Å². The molecular weight excluding hydrogens is 288 g/mol. The highest BCUT2D eigenvalue weighted by atomic mass is 14.3. The molecule has 2 aromatic carbocycles. The molecule has 0 saturated carbocycles. The number of hydrogen-bond donors (Lipinski definition) is 0. The molecule has 2 unspecified atom stereocenters. The van der Waals surface area contributed by atoms with Crippen LogP contribution in [-0.4, -0.2) is 0 Å². The monoisotopic (exact) mass is 322 g/mol. The van der Waals surface area contributed by atoms with Gasteiger partial charge in [0.2, 0.25) is 0 Å². The van der Waals surface area contributed by atoms with Crippen LogP contribution < -0.4 is 0 Å². The summed E-state index contributed by atoms with van der Waals surface area (Å²) in [5, 5.41) is 0. The molecule has 0 aliphatic rings. The van der Waals surface area contributed by atoms with Crippen molar-refractivity contribution in [3.05, 3.63) is 71.8 Å². The molecule has 0 amide bonds. The lowest BCUT2D eigenvalue weighted by Crippen LogP contribution is -2.12. The Hall–Kier alpha value is -1.56. The van der Waals surface area contributed by atoms with Gasteiger partial charge in [0.1, 0.15) is 0 Å². The van der Waals surface area contributed by atoms with Gasteiger partial charge in [-0.05, 0) is 35.8 Å². The van der Waals surface area contributed by atoms with Crippen molar-refractivity contribution >= 4 is 0 Å². The number of benzene rings is 2. The van der Waals surface area contributed by atoms with Crippen molar-refractivity contribution in [3.8, 4) is 0 Å². The molecule has 130 valence electrons. The van der Waals surface area contributed by atoms with E-state index >= 15 is 0 Å². The fourth-order valence-electron chi connectivity index (χ4n) is 3.83. The van der Waals surface area contributed by atoms with Gasteiger partial charge in [0, 0.05) is 0 Å². The topological polar surface area (TPSA) is 0 Å². The van der Waals surface area contributed by atoms with Gasteiger partial charge in [-0.2, -0.15) is 0 Å². The van der Waals surface area contributed by atoms with E-state index in [1.165, 1.54) is 62.5 Å². The molecule has 2 aromatic rings. The molecule has 24 heavy (non-hydrogen) atoms. The molecule has 2 atom stereocenters. The summed E-state index contributed by atoms with van der Waals surface area (Å²) in [6.07, 6.45) is 10.6. The molecule has 0 aliphatic carbocycles. The van der Waals surface area contributed by atoms with Crippen molar-refractivity contribution < 1.29 is 0 Å². The van der Waals surface area contributed by atoms with Crippen molar-refractivity contribution in [2.24, 2.45) is 0 Å². The van der Waals surface area contributed by atoms with Gasteiger partial charge in [0.05, 0.1) is 0 Å². The maximum Gasteiger partial charge on any atom is -0.00931 e. The molecule has 0 radical (unpaired) electrons. The van der Waals surface area contributed by atoms with Crippen LogP contribution in [0.2, 0.25) is 0 Å². The maximum absolute atomic E-state index is 2.34. The first-order chi connectivity index (χ1) is 11.9. The summed E-state index contributed by atoms with van der Waals surface area (Å²) in [6.45, 7) is 4.60. The first kappa shape index (κ1) is 18.8. The van der Waals surface area contributed by atoms with E-state index in [0.29, 0.717) is 11.8 Å². The first-order valence-electron chi connectivity index (χ1n) is 9.96. The van der Waals surface area contributed by atoms with Gasteiger partial charge in [0.15, 0.2) is 0 Å². The summed E-state index contributed by atoms with van der Waals surface area (Å²) in [5.41, 5.74) is 3.05. The van der Waals surface area contributed by atoms with Crippen LogP contribution in [0.25, 0.3) is 0 Å². The van der Waals surface area contributed by atoms with Gasteiger partial charge in [-0.15, -0.1) is 0 Å². The average Bonchev–Trinajstić information content (AvgIpc) is 2.65. The Morgan fingerprint density at radius 3 is 1.25 bits per heavy atom. The smallest absolute Gasteiger partial charge is 0.00931 e. The molecule has 0 bridgehead atoms. The highest BCUT2D eigenvalue weighted by Gasteiger charge is 2.24. The van der Waals surface area contributed by atoms with Crippen LogP contribution in [-0.2, 0) is 0 Å². The number of unbranched alkanes of at least 4 members (excludes halogenated alkanes) is 4. The Morgan fingerprint density at radius 2 is 0.917 bits per heavy atom. The lowest BCUT2D eigenvalue weighted by atomic mass is 9.76. The van der Waals surface area contributed by atoms with Crippen LogP contribution in [0.5, 0.6) is 0 Å². The molecule has 0 nitrogen and oxygen atoms in total. The molecule has 0 N–H and O–H groups in total. The number of rotatable bonds is 11. The van der Waals surface area contributed by atoms with Gasteiger partial charge in [-0.1, -0.05) is 113 Å². The third kappa shape index (κ3) is 5.82. The van der Waals surface area contributed by atoms with Crippen LogP contribution >= 0.6 is 0 Å². The summed E-state index contributed by atoms with van der Waals surface area (Å²) in [7, 11) is 0. The SMILES string of the molecule is CCCCCC(c1ccccc1)C(CCCCC)c1ccccc1. The summed E-state index contributed by atoms with van der Waals surface area (Å²) >= 11 is 0. The highest BCUT2D eigenvalue weighted by molar-refractivity contribution is 5.28. The molecule has 0 aromatic heterocycles. The minimum absolute atomic E-state index is 0.650. The summed E-state index contributed by atoms with van der Waals surface area (Å²) in [6, 6.07) is 22.5. The molecular formula is C24H34. The number of hydrogen-bond acceptors (Lipinski definition) is 0. The van der Waals surface area contributed by atoms with Gasteiger partial charge in [0.25, 0.3) is 0 Å². The fraction of sp³-hybridized carbons (Fsp3) is 0.500. The second-order valence-electron chi connectivity index (χ2n) is 7.03. The maximum atomic E-state index is 2.34. The zero-order chi connectivity index (χ0) is 17.0. The van der Waals surface area contributed by atoms with E-state index in [0.717, 1.165) is 0 Å². The van der Waals surface area contributed by atoms with E-state index in [1.54, 1.807) is 0 Å². The molecule has 0 fully saturated rings. The standard InChI is InChI=1S/C24H34/c1-3-5-9-19-23(21-15-11-7-12-16-21)24(20-10-6-4-2)22-17-13-8-14-18-22/h7-8,11-18,23-24H,3-6,9-10,19-20H2,1-2H3. The van der Waals surface area contributed by atoms with Crippen molar-refractivity contribution in [1.82, 2.24) is 0 Å². The molecule has 2 rings (SSSR count). The van der Waals surface area contributed by atoms with Crippen LogP contribution in [0.4, 0.5) is 0 Å². The van der Waals surface area contributed by atoms with Crippen molar-refractivity contribution in [2.45, 2.75) is 77.0 Å². The normalized spacial score (nSPS) is 13.6. The Morgan fingerprint density at radius 1 is 0.542 bits per heavy atom. The first-order valence-corrected chi connectivity index (χ1v) is 9.96. The van der Waals surface area contributed by atoms with Crippen molar-refractivity contribution in [1.29, 1.82) is 0 Å². The van der Waals surface area contributed by atoms with Crippen LogP contribution in [0.15, 0.2) is 60.7 Å². The van der Waals surface area contributed by atoms with E-state index in [1.807, 2.05) is 0 Å². The highest BCUT2D eigenvalue weighted by Crippen LogP contribution is 2.40. The molecule has 0 heterocycles. The van der Waals surface area contributed by atoms with Crippen LogP contribution in [0.3, 0.4) is 0 Å². The van der Waals surface area contributed by atoms with E-state index in [2.05, 4.69) is 74.5 Å². The molecule has 0 aliphatic heterocycles. The average molecular weight is 323 g/mol. The Balaban J connectivity index is 2.24. The predicted molar refractivity (Wildman–Crippen MR) is 107 cm³/mol. The van der Waals surface area contributed by atoms with Crippen LogP contribution in [0.1, 0.15) is 88.2 Å². The fourth-order valence-corrected chi connectivity index (χ4v) is 3.83. The molecule has 0 spiro atoms. The van der Waals surface area contributed by atoms with E-state index in [-0.39, 0.29) is 0 Å². The Labute approximate surface area is 149 Å². The minimum Gasteiger partial charge on any atom is -0.0654 e. The second-order valence-corrected chi connectivity index (χ2v) is 7.03. The lowest BCUT2D eigenvalue weighted by Gasteiger charge is -2.28.